The maximum atomic E-state index is 5.67. The van der Waals surface area contributed by atoms with Crippen LogP contribution < -0.4 is 10.6 Å². The van der Waals surface area contributed by atoms with E-state index in [2.05, 4.69) is 39.9 Å². The molecule has 5 heteroatoms. The lowest BCUT2D eigenvalue weighted by atomic mass is 10.2. The summed E-state index contributed by atoms with van der Waals surface area (Å²) in [6.07, 6.45) is 3.10. The summed E-state index contributed by atoms with van der Waals surface area (Å²) in [4.78, 5) is 4.17. The van der Waals surface area contributed by atoms with Crippen LogP contribution in [0.1, 0.15) is 25.3 Å². The van der Waals surface area contributed by atoms with Crippen LogP contribution in [-0.4, -0.2) is 52.5 Å². The molecule has 1 aromatic carbocycles. The summed E-state index contributed by atoms with van der Waals surface area (Å²) < 4.78 is 11.0. The third kappa shape index (κ3) is 10.7. The van der Waals surface area contributed by atoms with Crippen LogP contribution in [0.25, 0.3) is 0 Å². The fourth-order valence-electron chi connectivity index (χ4n) is 2.08. The van der Waals surface area contributed by atoms with E-state index < -0.39 is 0 Å². The van der Waals surface area contributed by atoms with E-state index in [1.54, 1.807) is 7.05 Å². The van der Waals surface area contributed by atoms with Gasteiger partial charge >= 0.3 is 0 Å². The molecular weight excluding hydrogens is 290 g/mol. The van der Waals surface area contributed by atoms with Crippen molar-refractivity contribution in [3.63, 3.8) is 0 Å². The van der Waals surface area contributed by atoms with E-state index in [9.17, 15) is 0 Å². The van der Waals surface area contributed by atoms with Gasteiger partial charge in [0, 0.05) is 33.4 Å². The first-order valence-corrected chi connectivity index (χ1v) is 8.50. The lowest BCUT2D eigenvalue weighted by Gasteiger charge is -2.11. The van der Waals surface area contributed by atoms with Crippen LogP contribution in [0.2, 0.25) is 0 Å². The van der Waals surface area contributed by atoms with Crippen LogP contribution in [0, 0.1) is 0 Å². The molecule has 0 aromatic heterocycles. The number of nitrogens with one attached hydrogen (secondary N) is 2. The summed E-state index contributed by atoms with van der Waals surface area (Å²) in [6, 6.07) is 10.4. The molecule has 2 N–H and O–H groups in total. The molecule has 0 aliphatic heterocycles. The van der Waals surface area contributed by atoms with Gasteiger partial charge < -0.3 is 20.1 Å². The molecular formula is C18H31N3O2. The number of aliphatic imine (C=N–C) groups is 1. The molecule has 0 aliphatic rings. The van der Waals surface area contributed by atoms with Gasteiger partial charge in [0.25, 0.3) is 0 Å². The van der Waals surface area contributed by atoms with Gasteiger partial charge in [-0.05, 0) is 31.7 Å². The Labute approximate surface area is 140 Å². The fraction of sp³-hybridized carbons (Fsp3) is 0.611. The highest BCUT2D eigenvalue weighted by atomic mass is 16.5. The smallest absolute Gasteiger partial charge is 0.191 e. The number of nitrogens with zero attached hydrogens (tertiary/aromatic N) is 1. The Morgan fingerprint density at radius 1 is 0.957 bits per heavy atom. The molecule has 0 amide bonds. The van der Waals surface area contributed by atoms with E-state index in [4.69, 9.17) is 9.47 Å². The molecule has 0 radical (unpaired) electrons. The monoisotopic (exact) mass is 321 g/mol. The topological polar surface area (TPSA) is 54.9 Å². The standard InChI is InChI=1S/C18H31N3O2/c1-3-22-16-13-21-18(19-2)20-12-7-8-14-23-15-11-17-9-5-4-6-10-17/h4-6,9-10H,3,7-8,11-16H2,1-2H3,(H2,19,20,21). The molecule has 0 saturated heterocycles. The molecule has 5 nitrogen and oxygen atoms in total. The van der Waals surface area contributed by atoms with Gasteiger partial charge in [0.2, 0.25) is 0 Å². The molecule has 0 atom stereocenters. The van der Waals surface area contributed by atoms with Gasteiger partial charge in [-0.25, -0.2) is 0 Å². The third-order valence-corrected chi connectivity index (χ3v) is 3.35. The van der Waals surface area contributed by atoms with E-state index in [-0.39, 0.29) is 0 Å². The maximum absolute atomic E-state index is 5.67. The number of unbranched alkanes of at least 4 members (excludes halogenated alkanes) is 1. The second-order valence-electron chi connectivity index (χ2n) is 5.18. The molecule has 0 saturated carbocycles. The Hall–Kier alpha value is -1.59. The van der Waals surface area contributed by atoms with Gasteiger partial charge in [0.15, 0.2) is 5.96 Å². The molecule has 0 aliphatic carbocycles. The molecule has 0 unspecified atom stereocenters. The number of benzene rings is 1. The molecule has 0 fully saturated rings. The fourth-order valence-corrected chi connectivity index (χ4v) is 2.08. The zero-order chi connectivity index (χ0) is 16.6. The predicted octanol–water partition coefficient (Wildman–Crippen LogP) is 2.23. The van der Waals surface area contributed by atoms with Crippen molar-refractivity contribution in [2.45, 2.75) is 26.2 Å². The molecule has 0 heterocycles. The largest absolute Gasteiger partial charge is 0.381 e. The van der Waals surface area contributed by atoms with Gasteiger partial charge in [-0.15, -0.1) is 0 Å². The Bertz CT molecular complexity index is 410. The first kappa shape index (κ1) is 19.5. The average Bonchev–Trinajstić information content (AvgIpc) is 2.60. The number of guanidine groups is 1. The van der Waals surface area contributed by atoms with E-state index in [0.717, 1.165) is 58.1 Å². The number of hydrogen-bond donors (Lipinski definition) is 2. The molecule has 0 spiro atoms. The van der Waals surface area contributed by atoms with Crippen molar-refractivity contribution in [3.05, 3.63) is 35.9 Å². The minimum absolute atomic E-state index is 0.701. The minimum atomic E-state index is 0.701. The van der Waals surface area contributed by atoms with Crippen molar-refractivity contribution >= 4 is 5.96 Å². The van der Waals surface area contributed by atoms with E-state index in [1.165, 1.54) is 5.56 Å². The van der Waals surface area contributed by atoms with Crippen molar-refractivity contribution in [1.82, 2.24) is 10.6 Å². The minimum Gasteiger partial charge on any atom is -0.381 e. The lowest BCUT2D eigenvalue weighted by molar-refractivity contribution is 0.133. The van der Waals surface area contributed by atoms with Crippen LogP contribution in [0.15, 0.2) is 35.3 Å². The van der Waals surface area contributed by atoms with Crippen LogP contribution in [0.3, 0.4) is 0 Å². The number of rotatable bonds is 12. The van der Waals surface area contributed by atoms with Crippen molar-refractivity contribution in [2.24, 2.45) is 4.99 Å². The summed E-state index contributed by atoms with van der Waals surface area (Å²) in [7, 11) is 1.78. The SMILES string of the molecule is CCOCCNC(=NC)NCCCCOCCc1ccccc1. The van der Waals surface area contributed by atoms with Crippen molar-refractivity contribution in [3.8, 4) is 0 Å². The first-order valence-electron chi connectivity index (χ1n) is 8.50. The van der Waals surface area contributed by atoms with E-state index >= 15 is 0 Å². The Morgan fingerprint density at radius 2 is 1.74 bits per heavy atom. The first-order chi connectivity index (χ1) is 11.4. The van der Waals surface area contributed by atoms with Gasteiger partial charge in [0.05, 0.1) is 13.2 Å². The molecule has 0 bridgehead atoms. The molecule has 1 aromatic rings. The van der Waals surface area contributed by atoms with Gasteiger partial charge in [-0.1, -0.05) is 30.3 Å². The Balaban J connectivity index is 1.92. The third-order valence-electron chi connectivity index (χ3n) is 3.35. The van der Waals surface area contributed by atoms with E-state index in [1.807, 2.05) is 13.0 Å². The Morgan fingerprint density at radius 3 is 2.48 bits per heavy atom. The molecule has 23 heavy (non-hydrogen) atoms. The molecule has 1 rings (SSSR count). The van der Waals surface area contributed by atoms with Gasteiger partial charge in [-0.3, -0.25) is 4.99 Å². The van der Waals surface area contributed by atoms with E-state index in [0.29, 0.717) is 6.61 Å². The summed E-state index contributed by atoms with van der Waals surface area (Å²) in [5.74, 6) is 0.828. The number of hydrogen-bond acceptors (Lipinski definition) is 3. The summed E-state index contributed by atoms with van der Waals surface area (Å²) in [6.45, 7) is 6.72. The van der Waals surface area contributed by atoms with Crippen molar-refractivity contribution in [2.75, 3.05) is 46.6 Å². The van der Waals surface area contributed by atoms with Crippen LogP contribution in [-0.2, 0) is 15.9 Å². The summed E-state index contributed by atoms with van der Waals surface area (Å²) in [5, 5.41) is 6.51. The zero-order valence-electron chi connectivity index (χ0n) is 14.5. The normalized spacial score (nSPS) is 11.5. The highest BCUT2D eigenvalue weighted by Crippen LogP contribution is 2.00. The Kier molecular flexibility index (Phi) is 11.9. The average molecular weight is 321 g/mol. The van der Waals surface area contributed by atoms with Crippen molar-refractivity contribution < 1.29 is 9.47 Å². The summed E-state index contributed by atoms with van der Waals surface area (Å²) >= 11 is 0. The highest BCUT2D eigenvalue weighted by molar-refractivity contribution is 5.79. The zero-order valence-corrected chi connectivity index (χ0v) is 14.5. The second-order valence-corrected chi connectivity index (χ2v) is 5.18. The van der Waals surface area contributed by atoms with Gasteiger partial charge in [-0.2, -0.15) is 0 Å². The predicted molar refractivity (Wildman–Crippen MR) is 96.1 cm³/mol. The maximum Gasteiger partial charge on any atom is 0.191 e. The van der Waals surface area contributed by atoms with Crippen molar-refractivity contribution in [1.29, 1.82) is 0 Å². The second kappa shape index (κ2) is 14.0. The van der Waals surface area contributed by atoms with Gasteiger partial charge in [0.1, 0.15) is 0 Å². The number of ether oxygens (including phenoxy) is 2. The summed E-state index contributed by atoms with van der Waals surface area (Å²) in [5.41, 5.74) is 1.33. The van der Waals surface area contributed by atoms with Crippen LogP contribution >= 0.6 is 0 Å². The van der Waals surface area contributed by atoms with Crippen LogP contribution in [0.5, 0.6) is 0 Å². The lowest BCUT2D eigenvalue weighted by Crippen LogP contribution is -2.39. The highest BCUT2D eigenvalue weighted by Gasteiger charge is 1.97. The molecule has 130 valence electrons. The quantitative estimate of drug-likeness (QED) is 0.352. The van der Waals surface area contributed by atoms with Crippen LogP contribution in [0.4, 0.5) is 0 Å².